The van der Waals surface area contributed by atoms with Crippen LogP contribution < -0.4 is 5.32 Å². The first-order chi connectivity index (χ1) is 14.1. The van der Waals surface area contributed by atoms with Crippen LogP contribution in [0.4, 0.5) is 5.69 Å². The van der Waals surface area contributed by atoms with Crippen molar-refractivity contribution in [2.75, 3.05) is 5.32 Å². The van der Waals surface area contributed by atoms with Gasteiger partial charge in [-0.3, -0.25) is 0 Å². The maximum Gasteiger partial charge on any atom is 0.0517 e. The minimum atomic E-state index is 0.114. The zero-order valence-corrected chi connectivity index (χ0v) is 19.3. The average Bonchev–Trinajstić information content (AvgIpc) is 2.72. The summed E-state index contributed by atoms with van der Waals surface area (Å²) in [7, 11) is 0. The molecule has 1 atom stereocenters. The zero-order valence-electron chi connectivity index (χ0n) is 19.3. The number of nitrogens with one attached hydrogen (secondary N) is 1. The molecule has 0 radical (unpaired) electrons. The molecule has 0 bridgehead atoms. The van der Waals surface area contributed by atoms with Gasteiger partial charge in [-0.15, -0.1) is 0 Å². The van der Waals surface area contributed by atoms with Crippen molar-refractivity contribution in [3.8, 4) is 11.1 Å². The summed E-state index contributed by atoms with van der Waals surface area (Å²) in [5, 5.41) is 3.95. The Hall–Kier alpha value is -2.54. The average molecular weight is 398 g/mol. The summed E-state index contributed by atoms with van der Waals surface area (Å²) in [4.78, 5) is 0. The third-order valence-corrected chi connectivity index (χ3v) is 6.31. The molecule has 0 aromatic heterocycles. The van der Waals surface area contributed by atoms with Crippen LogP contribution in [0.3, 0.4) is 0 Å². The zero-order chi connectivity index (χ0) is 21.5. The lowest BCUT2D eigenvalue weighted by Crippen LogP contribution is -2.23. The van der Waals surface area contributed by atoms with E-state index in [9.17, 15) is 0 Å². The Kier molecular flexibility index (Phi) is 5.26. The highest BCUT2D eigenvalue weighted by Gasteiger charge is 2.27. The number of para-hydroxylation sites is 1. The molecular formula is C29H35N. The summed E-state index contributed by atoms with van der Waals surface area (Å²) in [6.45, 7) is 13.8. The van der Waals surface area contributed by atoms with E-state index in [1.165, 1.54) is 39.1 Å². The van der Waals surface area contributed by atoms with Crippen LogP contribution in [-0.4, -0.2) is 0 Å². The predicted molar refractivity (Wildman–Crippen MR) is 130 cm³/mol. The first-order valence-electron chi connectivity index (χ1n) is 11.2. The molecule has 1 unspecified atom stereocenters. The van der Waals surface area contributed by atoms with Gasteiger partial charge in [0.15, 0.2) is 0 Å². The van der Waals surface area contributed by atoms with E-state index in [2.05, 4.69) is 114 Å². The largest absolute Gasteiger partial charge is 0.378 e. The Balaban J connectivity index is 1.78. The third-order valence-electron chi connectivity index (χ3n) is 6.31. The Bertz CT molecular complexity index is 1030. The summed E-state index contributed by atoms with van der Waals surface area (Å²) in [5.74, 6) is 0. The monoisotopic (exact) mass is 397 g/mol. The molecule has 0 saturated heterocycles. The second kappa shape index (κ2) is 7.61. The molecule has 1 aliphatic rings. The van der Waals surface area contributed by atoms with Crippen molar-refractivity contribution in [3.05, 3.63) is 89.0 Å². The van der Waals surface area contributed by atoms with E-state index in [4.69, 9.17) is 0 Å². The van der Waals surface area contributed by atoms with Crippen LogP contribution in [0, 0.1) is 0 Å². The maximum atomic E-state index is 3.95. The quantitative estimate of drug-likeness (QED) is 0.461. The van der Waals surface area contributed by atoms with Gasteiger partial charge in [0.05, 0.1) is 6.04 Å². The summed E-state index contributed by atoms with van der Waals surface area (Å²) in [6.07, 6.45) is 2.25. The molecule has 1 heteroatoms. The molecule has 3 aromatic carbocycles. The molecule has 4 rings (SSSR count). The van der Waals surface area contributed by atoms with E-state index in [1.54, 1.807) is 0 Å². The molecule has 1 N–H and O–H groups in total. The van der Waals surface area contributed by atoms with E-state index in [1.807, 2.05) is 0 Å². The third kappa shape index (κ3) is 4.17. The van der Waals surface area contributed by atoms with Crippen LogP contribution in [0.25, 0.3) is 11.1 Å². The molecule has 1 heterocycles. The molecule has 0 aliphatic carbocycles. The van der Waals surface area contributed by atoms with Crippen molar-refractivity contribution >= 4 is 5.69 Å². The summed E-state index contributed by atoms with van der Waals surface area (Å²) in [5.41, 5.74) is 9.86. The first kappa shape index (κ1) is 20.7. The van der Waals surface area contributed by atoms with Crippen LogP contribution in [-0.2, 0) is 17.3 Å². The smallest absolute Gasteiger partial charge is 0.0517 e. The fraction of sp³-hybridized carbons (Fsp3) is 0.379. The number of fused-ring (bicyclic) bond motifs is 1. The van der Waals surface area contributed by atoms with Gasteiger partial charge in [0, 0.05) is 5.69 Å². The Morgan fingerprint density at radius 1 is 0.733 bits per heavy atom. The lowest BCUT2D eigenvalue weighted by molar-refractivity contribution is 0.578. The van der Waals surface area contributed by atoms with Gasteiger partial charge >= 0.3 is 0 Å². The van der Waals surface area contributed by atoms with Crippen molar-refractivity contribution in [1.82, 2.24) is 0 Å². The van der Waals surface area contributed by atoms with Crippen LogP contribution in [0.1, 0.15) is 76.3 Å². The molecule has 156 valence electrons. The minimum Gasteiger partial charge on any atom is -0.378 e. The number of anilines is 1. The lowest BCUT2D eigenvalue weighted by atomic mass is 9.80. The molecular weight excluding hydrogens is 362 g/mol. The van der Waals surface area contributed by atoms with E-state index in [0.29, 0.717) is 6.04 Å². The summed E-state index contributed by atoms with van der Waals surface area (Å²) >= 11 is 0. The highest BCUT2D eigenvalue weighted by atomic mass is 14.9. The number of hydrogen-bond acceptors (Lipinski definition) is 1. The fourth-order valence-corrected chi connectivity index (χ4v) is 4.48. The second-order valence-electron chi connectivity index (χ2n) is 10.8. The first-order valence-corrected chi connectivity index (χ1v) is 11.2. The van der Waals surface area contributed by atoms with E-state index in [-0.39, 0.29) is 10.8 Å². The summed E-state index contributed by atoms with van der Waals surface area (Å²) < 4.78 is 0. The van der Waals surface area contributed by atoms with Gasteiger partial charge in [-0.2, -0.15) is 0 Å². The molecule has 1 nitrogen and oxygen atoms in total. The van der Waals surface area contributed by atoms with Gasteiger partial charge in [-0.1, -0.05) is 102 Å². The molecule has 30 heavy (non-hydrogen) atoms. The molecule has 0 fully saturated rings. The normalized spacial score (nSPS) is 16.7. The van der Waals surface area contributed by atoms with Crippen molar-refractivity contribution in [1.29, 1.82) is 0 Å². The van der Waals surface area contributed by atoms with Gasteiger partial charge in [-0.05, 0) is 63.1 Å². The van der Waals surface area contributed by atoms with E-state index in [0.717, 1.165) is 12.8 Å². The van der Waals surface area contributed by atoms with Crippen molar-refractivity contribution in [2.24, 2.45) is 0 Å². The second-order valence-corrected chi connectivity index (χ2v) is 10.8. The van der Waals surface area contributed by atoms with Gasteiger partial charge in [0.25, 0.3) is 0 Å². The van der Waals surface area contributed by atoms with Crippen molar-refractivity contribution in [2.45, 2.75) is 71.3 Å². The fourth-order valence-electron chi connectivity index (χ4n) is 4.48. The Labute approximate surface area is 182 Å². The lowest BCUT2D eigenvalue weighted by Gasteiger charge is -2.34. The maximum absolute atomic E-state index is 3.95. The van der Waals surface area contributed by atoms with Crippen LogP contribution >= 0.6 is 0 Å². The number of aryl methyl sites for hydroxylation is 1. The Morgan fingerprint density at radius 2 is 1.47 bits per heavy atom. The Morgan fingerprint density at radius 3 is 2.13 bits per heavy atom. The molecule has 0 amide bonds. The van der Waals surface area contributed by atoms with Gasteiger partial charge < -0.3 is 5.32 Å². The number of rotatable bonds is 2. The van der Waals surface area contributed by atoms with Gasteiger partial charge in [0.1, 0.15) is 0 Å². The van der Waals surface area contributed by atoms with Crippen LogP contribution in [0.15, 0.2) is 66.7 Å². The standard InChI is InChI=1S/C29H35N/c1-28(2,3)24-18-22(20-11-8-7-9-12-20)17-23(19-24)26-16-15-21-13-10-14-25(27(21)30-26)29(4,5)6/h7-14,17-19,26,30H,15-16H2,1-6H3. The molecule has 1 aliphatic heterocycles. The predicted octanol–water partition coefficient (Wildman–Crippen LogP) is 8.05. The molecule has 3 aromatic rings. The van der Waals surface area contributed by atoms with Crippen molar-refractivity contribution in [3.63, 3.8) is 0 Å². The van der Waals surface area contributed by atoms with Crippen LogP contribution in [0.2, 0.25) is 0 Å². The molecule has 0 saturated carbocycles. The summed E-state index contributed by atoms with van der Waals surface area (Å²) in [6, 6.07) is 25.1. The molecule has 0 spiro atoms. The van der Waals surface area contributed by atoms with E-state index >= 15 is 0 Å². The minimum absolute atomic E-state index is 0.114. The van der Waals surface area contributed by atoms with Gasteiger partial charge in [-0.25, -0.2) is 0 Å². The topological polar surface area (TPSA) is 12.0 Å². The highest BCUT2D eigenvalue weighted by molar-refractivity contribution is 5.67. The van der Waals surface area contributed by atoms with E-state index < -0.39 is 0 Å². The SMILES string of the molecule is CC(C)(C)c1cc(-c2ccccc2)cc(C2CCc3cccc(C(C)(C)C)c3N2)c1. The van der Waals surface area contributed by atoms with Crippen LogP contribution in [0.5, 0.6) is 0 Å². The highest BCUT2D eigenvalue weighted by Crippen LogP contribution is 2.41. The van der Waals surface area contributed by atoms with Crippen molar-refractivity contribution < 1.29 is 0 Å². The van der Waals surface area contributed by atoms with Gasteiger partial charge in [0.2, 0.25) is 0 Å². The number of benzene rings is 3. The number of hydrogen-bond donors (Lipinski definition) is 1.